The van der Waals surface area contributed by atoms with Crippen LogP contribution in [0.3, 0.4) is 0 Å². The fourth-order valence-electron chi connectivity index (χ4n) is 0.659. The quantitative estimate of drug-likeness (QED) is 0.633. The second kappa shape index (κ2) is 4.86. The predicted molar refractivity (Wildman–Crippen MR) is 47.4 cm³/mol. The molecule has 0 amide bonds. The van der Waals surface area contributed by atoms with Gasteiger partial charge in [0.25, 0.3) is 5.88 Å². The number of carboxylic acid groups (broad SMARTS) is 1. The molecule has 1 heterocycles. The van der Waals surface area contributed by atoms with Gasteiger partial charge in [-0.25, -0.2) is 4.79 Å². The third-order valence-electron chi connectivity index (χ3n) is 1.23. The number of halogens is 1. The van der Waals surface area contributed by atoms with Crippen molar-refractivity contribution in [2.75, 3.05) is 11.9 Å². The van der Waals surface area contributed by atoms with Crippen LogP contribution in [0.15, 0.2) is 10.6 Å². The summed E-state index contributed by atoms with van der Waals surface area (Å²) in [5.74, 6) is -1.16. The highest BCUT2D eigenvalue weighted by atomic mass is 79.9. The maximum absolute atomic E-state index is 10.3. The molecule has 72 valence electrons. The molecule has 0 aliphatic carbocycles. The molecule has 5 nitrogen and oxygen atoms in total. The van der Waals surface area contributed by atoms with Crippen molar-refractivity contribution in [3.8, 4) is 5.88 Å². The van der Waals surface area contributed by atoms with E-state index in [4.69, 9.17) is 9.84 Å². The standard InChI is InChI=1S/C7H8BrNO4/c8-2-1-3-12-6-4-5(7(10)11)13-9-6/h4H,1-3H2,(H,10,11). The van der Waals surface area contributed by atoms with E-state index in [1.54, 1.807) is 0 Å². The van der Waals surface area contributed by atoms with Crippen LogP contribution in [0.4, 0.5) is 0 Å². The Bertz CT molecular complexity index is 286. The fraction of sp³-hybridized carbons (Fsp3) is 0.429. The van der Waals surface area contributed by atoms with E-state index >= 15 is 0 Å². The molecular weight excluding hydrogens is 242 g/mol. The second-order valence-corrected chi connectivity index (χ2v) is 3.02. The van der Waals surface area contributed by atoms with Crippen LogP contribution >= 0.6 is 15.9 Å². The lowest BCUT2D eigenvalue weighted by Gasteiger charge is -1.96. The molecule has 0 fully saturated rings. The van der Waals surface area contributed by atoms with Gasteiger partial charge in [0.15, 0.2) is 0 Å². The summed E-state index contributed by atoms with van der Waals surface area (Å²) in [4.78, 5) is 10.3. The van der Waals surface area contributed by atoms with Gasteiger partial charge in [0.05, 0.1) is 12.7 Å². The average Bonchev–Trinajstić information content (AvgIpc) is 2.53. The first-order valence-corrected chi connectivity index (χ1v) is 4.75. The topological polar surface area (TPSA) is 72.6 Å². The maximum atomic E-state index is 10.3. The number of carboxylic acids is 1. The van der Waals surface area contributed by atoms with Crippen LogP contribution in [0, 0.1) is 0 Å². The van der Waals surface area contributed by atoms with Gasteiger partial charge in [-0.3, -0.25) is 0 Å². The van der Waals surface area contributed by atoms with Crippen LogP contribution < -0.4 is 4.74 Å². The molecule has 1 aromatic rings. The van der Waals surface area contributed by atoms with Crippen molar-refractivity contribution >= 4 is 21.9 Å². The van der Waals surface area contributed by atoms with E-state index in [1.165, 1.54) is 6.07 Å². The van der Waals surface area contributed by atoms with E-state index in [0.717, 1.165) is 11.8 Å². The number of hydrogen-bond acceptors (Lipinski definition) is 4. The zero-order valence-electron chi connectivity index (χ0n) is 6.70. The van der Waals surface area contributed by atoms with Crippen molar-refractivity contribution in [2.24, 2.45) is 0 Å². The first kappa shape index (κ1) is 10.0. The minimum absolute atomic E-state index is 0.207. The summed E-state index contributed by atoms with van der Waals surface area (Å²) in [7, 11) is 0. The van der Waals surface area contributed by atoms with Gasteiger partial charge in [0.2, 0.25) is 5.76 Å². The maximum Gasteiger partial charge on any atom is 0.374 e. The monoisotopic (exact) mass is 249 g/mol. The molecule has 0 bridgehead atoms. The summed E-state index contributed by atoms with van der Waals surface area (Å²) < 4.78 is 9.55. The third-order valence-corrected chi connectivity index (χ3v) is 1.79. The van der Waals surface area contributed by atoms with E-state index < -0.39 is 5.97 Å². The van der Waals surface area contributed by atoms with E-state index in [1.807, 2.05) is 0 Å². The molecule has 0 spiro atoms. The molecule has 0 saturated heterocycles. The zero-order chi connectivity index (χ0) is 9.68. The van der Waals surface area contributed by atoms with Gasteiger partial charge in [0.1, 0.15) is 0 Å². The Morgan fingerprint density at radius 1 is 1.77 bits per heavy atom. The Labute approximate surface area is 82.8 Å². The van der Waals surface area contributed by atoms with Crippen molar-refractivity contribution < 1.29 is 19.2 Å². The Morgan fingerprint density at radius 3 is 3.08 bits per heavy atom. The largest absolute Gasteiger partial charge is 0.475 e. The summed E-state index contributed by atoms with van der Waals surface area (Å²) in [5.41, 5.74) is 0. The Hall–Kier alpha value is -1.04. The summed E-state index contributed by atoms with van der Waals surface area (Å²) in [6.07, 6.45) is 0.829. The molecule has 0 atom stereocenters. The third kappa shape index (κ3) is 3.06. The lowest BCUT2D eigenvalue weighted by Crippen LogP contribution is -1.97. The van der Waals surface area contributed by atoms with Crippen molar-refractivity contribution in [3.05, 3.63) is 11.8 Å². The Kier molecular flexibility index (Phi) is 3.75. The number of nitrogens with zero attached hydrogens (tertiary/aromatic N) is 1. The highest BCUT2D eigenvalue weighted by molar-refractivity contribution is 9.09. The molecule has 0 aromatic carbocycles. The molecule has 13 heavy (non-hydrogen) atoms. The van der Waals surface area contributed by atoms with Crippen LogP contribution in [0.5, 0.6) is 5.88 Å². The number of rotatable bonds is 5. The smallest absolute Gasteiger partial charge is 0.374 e. The van der Waals surface area contributed by atoms with Gasteiger partial charge in [-0.1, -0.05) is 15.9 Å². The van der Waals surface area contributed by atoms with E-state index in [2.05, 4.69) is 25.6 Å². The van der Waals surface area contributed by atoms with Crippen LogP contribution in [0.2, 0.25) is 0 Å². The van der Waals surface area contributed by atoms with E-state index in [-0.39, 0.29) is 11.6 Å². The van der Waals surface area contributed by atoms with Crippen LogP contribution in [-0.4, -0.2) is 28.2 Å². The molecule has 1 aromatic heterocycles. The lowest BCUT2D eigenvalue weighted by atomic mass is 10.4. The summed E-state index contributed by atoms with van der Waals surface area (Å²) >= 11 is 3.23. The first-order valence-electron chi connectivity index (χ1n) is 3.63. The molecule has 0 aliphatic rings. The molecule has 6 heteroatoms. The second-order valence-electron chi connectivity index (χ2n) is 2.23. The molecule has 1 N–H and O–H groups in total. The number of hydrogen-bond donors (Lipinski definition) is 1. The Balaban J connectivity index is 2.44. The predicted octanol–water partition coefficient (Wildman–Crippen LogP) is 1.54. The van der Waals surface area contributed by atoms with Gasteiger partial charge in [-0.2, -0.15) is 0 Å². The van der Waals surface area contributed by atoms with Crippen LogP contribution in [0.25, 0.3) is 0 Å². The number of carbonyl (C=O) groups is 1. The molecule has 0 saturated carbocycles. The average molecular weight is 250 g/mol. The Morgan fingerprint density at radius 2 is 2.54 bits per heavy atom. The highest BCUT2D eigenvalue weighted by Crippen LogP contribution is 2.11. The highest BCUT2D eigenvalue weighted by Gasteiger charge is 2.11. The van der Waals surface area contributed by atoms with Crippen molar-refractivity contribution in [3.63, 3.8) is 0 Å². The van der Waals surface area contributed by atoms with Gasteiger partial charge in [-0.15, -0.1) is 0 Å². The SMILES string of the molecule is O=C(O)c1cc(OCCCBr)no1. The molecular formula is C7H8BrNO4. The van der Waals surface area contributed by atoms with E-state index in [9.17, 15) is 4.79 Å². The zero-order valence-corrected chi connectivity index (χ0v) is 8.28. The van der Waals surface area contributed by atoms with Gasteiger partial charge >= 0.3 is 5.97 Å². The number of ether oxygens (including phenoxy) is 1. The summed E-state index contributed by atoms with van der Waals surface area (Å²) in [6, 6.07) is 1.25. The normalized spacial score (nSPS) is 9.92. The summed E-state index contributed by atoms with van der Waals surface area (Å²) in [5, 5.41) is 12.7. The minimum atomic E-state index is -1.15. The van der Waals surface area contributed by atoms with Crippen LogP contribution in [-0.2, 0) is 0 Å². The lowest BCUT2D eigenvalue weighted by molar-refractivity contribution is 0.0651. The molecule has 0 radical (unpaired) electrons. The first-order chi connectivity index (χ1) is 6.24. The van der Waals surface area contributed by atoms with Gasteiger partial charge < -0.3 is 14.4 Å². The van der Waals surface area contributed by atoms with Crippen molar-refractivity contribution in [1.82, 2.24) is 5.16 Å². The molecule has 1 rings (SSSR count). The minimum Gasteiger partial charge on any atom is -0.475 e. The van der Waals surface area contributed by atoms with Gasteiger partial charge in [-0.05, 0) is 11.6 Å². The molecule has 0 aliphatic heterocycles. The van der Waals surface area contributed by atoms with Crippen molar-refractivity contribution in [2.45, 2.75) is 6.42 Å². The van der Waals surface area contributed by atoms with Crippen molar-refractivity contribution in [1.29, 1.82) is 0 Å². The van der Waals surface area contributed by atoms with Crippen LogP contribution in [0.1, 0.15) is 17.0 Å². The van der Waals surface area contributed by atoms with E-state index in [0.29, 0.717) is 6.61 Å². The molecule has 0 unspecified atom stereocenters. The number of aromatic carboxylic acids is 1. The summed E-state index contributed by atoms with van der Waals surface area (Å²) in [6.45, 7) is 0.483. The number of aromatic nitrogens is 1. The van der Waals surface area contributed by atoms with Gasteiger partial charge in [0, 0.05) is 5.33 Å². The fourth-order valence-corrected chi connectivity index (χ4v) is 0.888. The number of alkyl halides is 1.